The van der Waals surface area contributed by atoms with Gasteiger partial charge in [0.05, 0.1) is 12.8 Å². The first kappa shape index (κ1) is 13.8. The Bertz CT molecular complexity index is 569. The van der Waals surface area contributed by atoms with Crippen molar-refractivity contribution in [2.24, 2.45) is 0 Å². The van der Waals surface area contributed by atoms with E-state index >= 15 is 0 Å². The maximum atomic E-state index is 5.17. The maximum absolute atomic E-state index is 5.17. The lowest BCUT2D eigenvalue weighted by Gasteiger charge is -2.35. The lowest BCUT2D eigenvalue weighted by molar-refractivity contribution is 0.245. The molecule has 1 aliphatic heterocycles. The number of rotatable bonds is 4. The summed E-state index contributed by atoms with van der Waals surface area (Å²) < 4.78 is 5.17. The summed E-state index contributed by atoms with van der Waals surface area (Å²) in [5.74, 6) is 1.68. The summed E-state index contributed by atoms with van der Waals surface area (Å²) in [5, 5.41) is 0. The summed E-state index contributed by atoms with van der Waals surface area (Å²) in [7, 11) is 1.65. The monoisotopic (exact) mass is 285 g/mol. The Morgan fingerprint density at radius 2 is 2.00 bits per heavy atom. The summed E-state index contributed by atoms with van der Waals surface area (Å²) in [6, 6.07) is 7.85. The maximum Gasteiger partial charge on any atom is 0.213 e. The predicted molar refractivity (Wildman–Crippen MR) is 80.3 cm³/mol. The average Bonchev–Trinajstić information content (AvgIpc) is 2.56. The molecule has 2 aromatic rings. The quantitative estimate of drug-likeness (QED) is 0.841. The largest absolute Gasteiger partial charge is 0.481 e. The molecule has 0 unspecified atom stereocenters. The van der Waals surface area contributed by atoms with Gasteiger partial charge >= 0.3 is 0 Å². The van der Waals surface area contributed by atoms with Gasteiger partial charge in [-0.1, -0.05) is 6.07 Å². The molecule has 2 aromatic heterocycles. The van der Waals surface area contributed by atoms with Crippen LogP contribution in [0.4, 0.5) is 5.82 Å². The van der Waals surface area contributed by atoms with Crippen LogP contribution in [0.25, 0.3) is 0 Å². The Labute approximate surface area is 124 Å². The molecule has 21 heavy (non-hydrogen) atoms. The summed E-state index contributed by atoms with van der Waals surface area (Å²) >= 11 is 0. The summed E-state index contributed by atoms with van der Waals surface area (Å²) in [4.78, 5) is 17.4. The number of pyridine rings is 1. The van der Waals surface area contributed by atoms with E-state index in [0.717, 1.165) is 44.2 Å². The highest BCUT2D eigenvalue weighted by Crippen LogP contribution is 2.14. The SMILES string of the molecule is COc1cccc(CN2CCN(c3ccncn3)CC2)n1. The Morgan fingerprint density at radius 1 is 1.14 bits per heavy atom. The van der Waals surface area contributed by atoms with E-state index in [-0.39, 0.29) is 0 Å². The van der Waals surface area contributed by atoms with Crippen LogP contribution in [-0.4, -0.2) is 53.1 Å². The third-order valence-electron chi connectivity index (χ3n) is 3.64. The smallest absolute Gasteiger partial charge is 0.213 e. The zero-order chi connectivity index (χ0) is 14.5. The molecule has 6 nitrogen and oxygen atoms in total. The predicted octanol–water partition coefficient (Wildman–Crippen LogP) is 1.20. The molecule has 3 rings (SSSR count). The number of ether oxygens (including phenoxy) is 1. The third-order valence-corrected chi connectivity index (χ3v) is 3.64. The first-order chi connectivity index (χ1) is 10.3. The number of aromatic nitrogens is 3. The van der Waals surface area contributed by atoms with Gasteiger partial charge in [-0.3, -0.25) is 4.90 Å². The van der Waals surface area contributed by atoms with Crippen LogP contribution in [0.2, 0.25) is 0 Å². The van der Waals surface area contributed by atoms with Gasteiger partial charge in [0.2, 0.25) is 5.88 Å². The van der Waals surface area contributed by atoms with Crippen molar-refractivity contribution in [3.05, 3.63) is 42.5 Å². The zero-order valence-electron chi connectivity index (χ0n) is 12.1. The molecule has 0 amide bonds. The number of piperazine rings is 1. The number of anilines is 1. The molecular weight excluding hydrogens is 266 g/mol. The molecule has 110 valence electrons. The molecule has 0 N–H and O–H groups in total. The van der Waals surface area contributed by atoms with Crippen molar-refractivity contribution in [2.75, 3.05) is 38.2 Å². The normalized spacial score (nSPS) is 16.0. The first-order valence-electron chi connectivity index (χ1n) is 7.08. The highest BCUT2D eigenvalue weighted by atomic mass is 16.5. The van der Waals surface area contributed by atoms with Crippen LogP contribution >= 0.6 is 0 Å². The fourth-order valence-electron chi connectivity index (χ4n) is 2.49. The van der Waals surface area contributed by atoms with Gasteiger partial charge in [0, 0.05) is 45.0 Å². The highest BCUT2D eigenvalue weighted by molar-refractivity contribution is 5.36. The molecule has 6 heteroatoms. The number of nitrogens with zero attached hydrogens (tertiary/aromatic N) is 5. The number of methoxy groups -OCH3 is 1. The first-order valence-corrected chi connectivity index (χ1v) is 7.08. The van der Waals surface area contributed by atoms with Crippen molar-refractivity contribution in [1.82, 2.24) is 19.9 Å². The minimum Gasteiger partial charge on any atom is -0.481 e. The highest BCUT2D eigenvalue weighted by Gasteiger charge is 2.18. The molecule has 3 heterocycles. The van der Waals surface area contributed by atoms with Gasteiger partial charge in [0.25, 0.3) is 0 Å². The molecule has 0 saturated carbocycles. The molecule has 0 spiro atoms. The zero-order valence-corrected chi connectivity index (χ0v) is 12.1. The van der Waals surface area contributed by atoms with Crippen molar-refractivity contribution in [1.29, 1.82) is 0 Å². The fourth-order valence-corrected chi connectivity index (χ4v) is 2.49. The molecule has 1 aliphatic rings. The van der Waals surface area contributed by atoms with E-state index in [4.69, 9.17) is 4.74 Å². The van der Waals surface area contributed by atoms with Crippen LogP contribution < -0.4 is 9.64 Å². The van der Waals surface area contributed by atoms with E-state index in [0.29, 0.717) is 5.88 Å². The fraction of sp³-hybridized carbons (Fsp3) is 0.400. The number of hydrogen-bond donors (Lipinski definition) is 0. The van der Waals surface area contributed by atoms with Crippen LogP contribution in [0.5, 0.6) is 5.88 Å². The topological polar surface area (TPSA) is 54.4 Å². The molecule has 0 aromatic carbocycles. The van der Waals surface area contributed by atoms with Crippen molar-refractivity contribution < 1.29 is 4.74 Å². The number of hydrogen-bond acceptors (Lipinski definition) is 6. The lowest BCUT2D eigenvalue weighted by atomic mass is 10.2. The van der Waals surface area contributed by atoms with Crippen LogP contribution in [0, 0.1) is 0 Å². The van der Waals surface area contributed by atoms with Crippen LogP contribution in [0.1, 0.15) is 5.69 Å². The van der Waals surface area contributed by atoms with Gasteiger partial charge < -0.3 is 9.64 Å². The van der Waals surface area contributed by atoms with Crippen LogP contribution in [-0.2, 0) is 6.54 Å². The Hall–Kier alpha value is -2.21. The second-order valence-electron chi connectivity index (χ2n) is 5.00. The molecular formula is C15H19N5O. The van der Waals surface area contributed by atoms with Gasteiger partial charge in [0.15, 0.2) is 0 Å². The van der Waals surface area contributed by atoms with Crippen molar-refractivity contribution in [3.8, 4) is 5.88 Å². The van der Waals surface area contributed by atoms with Crippen molar-refractivity contribution in [2.45, 2.75) is 6.54 Å². The average molecular weight is 285 g/mol. The van der Waals surface area contributed by atoms with Gasteiger partial charge in [-0.15, -0.1) is 0 Å². The second kappa shape index (κ2) is 6.49. The third kappa shape index (κ3) is 3.46. The summed E-state index contributed by atoms with van der Waals surface area (Å²) in [6.07, 6.45) is 3.39. The van der Waals surface area contributed by atoms with E-state index in [2.05, 4.69) is 24.8 Å². The lowest BCUT2D eigenvalue weighted by Crippen LogP contribution is -2.46. The minimum absolute atomic E-state index is 0.673. The van der Waals surface area contributed by atoms with Gasteiger partial charge in [-0.25, -0.2) is 15.0 Å². The summed E-state index contributed by atoms with van der Waals surface area (Å²) in [5.41, 5.74) is 1.05. The minimum atomic E-state index is 0.673. The van der Waals surface area contributed by atoms with E-state index in [1.54, 1.807) is 19.6 Å². The van der Waals surface area contributed by atoms with Crippen molar-refractivity contribution in [3.63, 3.8) is 0 Å². The summed E-state index contributed by atoms with van der Waals surface area (Å²) in [6.45, 7) is 4.81. The molecule has 0 bridgehead atoms. The van der Waals surface area contributed by atoms with Crippen LogP contribution in [0.15, 0.2) is 36.8 Å². The van der Waals surface area contributed by atoms with Gasteiger partial charge in [-0.2, -0.15) is 0 Å². The molecule has 0 atom stereocenters. The Kier molecular flexibility index (Phi) is 4.25. The van der Waals surface area contributed by atoms with Gasteiger partial charge in [0.1, 0.15) is 12.1 Å². The Balaban J connectivity index is 1.56. The molecule has 0 radical (unpaired) electrons. The van der Waals surface area contributed by atoms with E-state index in [9.17, 15) is 0 Å². The molecule has 1 fully saturated rings. The molecule has 0 aliphatic carbocycles. The van der Waals surface area contributed by atoms with Crippen LogP contribution in [0.3, 0.4) is 0 Å². The van der Waals surface area contributed by atoms with Gasteiger partial charge in [-0.05, 0) is 12.1 Å². The van der Waals surface area contributed by atoms with E-state index < -0.39 is 0 Å². The van der Waals surface area contributed by atoms with E-state index in [1.165, 1.54) is 0 Å². The second-order valence-corrected chi connectivity index (χ2v) is 5.00. The molecule has 1 saturated heterocycles. The van der Waals surface area contributed by atoms with E-state index in [1.807, 2.05) is 24.3 Å². The standard InChI is InChI=1S/C15H19N5O/c1-21-15-4-2-3-13(18-15)11-19-7-9-20(10-8-19)14-5-6-16-12-17-14/h2-6,12H,7-11H2,1H3. The Morgan fingerprint density at radius 3 is 2.71 bits per heavy atom. The van der Waals surface area contributed by atoms with Crippen molar-refractivity contribution >= 4 is 5.82 Å².